The molecule has 1 aliphatic rings. The van der Waals surface area contributed by atoms with Crippen LogP contribution in [-0.2, 0) is 11.3 Å². The summed E-state index contributed by atoms with van der Waals surface area (Å²) in [4.78, 5) is 23.4. The molecule has 0 bridgehead atoms. The van der Waals surface area contributed by atoms with E-state index in [2.05, 4.69) is 22.1 Å². The molecule has 126 valence electrons. The second kappa shape index (κ2) is 7.18. The van der Waals surface area contributed by atoms with E-state index in [0.717, 1.165) is 18.7 Å². The highest BCUT2D eigenvalue weighted by Gasteiger charge is 2.30. The van der Waals surface area contributed by atoms with Crippen molar-refractivity contribution in [2.75, 3.05) is 11.1 Å². The molecule has 2 aromatic rings. The Bertz CT molecular complexity index is 779. The molecule has 9 heteroatoms. The van der Waals surface area contributed by atoms with E-state index in [-0.39, 0.29) is 11.7 Å². The molecule has 0 spiro atoms. The van der Waals surface area contributed by atoms with Crippen molar-refractivity contribution in [3.8, 4) is 0 Å². The van der Waals surface area contributed by atoms with Crippen LogP contribution >= 0.6 is 23.1 Å². The maximum Gasteiger partial charge on any atom is 0.251 e. The zero-order valence-electron chi connectivity index (χ0n) is 12.9. The molecular weight excluding hydrogens is 346 g/mol. The van der Waals surface area contributed by atoms with Crippen molar-refractivity contribution in [2.45, 2.75) is 30.5 Å². The fourth-order valence-corrected chi connectivity index (χ4v) is 3.81. The highest BCUT2D eigenvalue weighted by atomic mass is 32.2. The van der Waals surface area contributed by atoms with Gasteiger partial charge in [-0.3, -0.25) is 9.59 Å². The average molecular weight is 363 g/mol. The van der Waals surface area contributed by atoms with E-state index < -0.39 is 5.91 Å². The van der Waals surface area contributed by atoms with E-state index in [0.29, 0.717) is 28.2 Å². The number of amides is 2. The number of thioether (sulfide) groups is 1. The standard InChI is InChI=1S/C15H17N5O2S2/c1-2-6-20-13(9-3-4-9)18-19-15(20)24-8-11(21)17-14-10(12(16)22)5-7-23-14/h2,5,7,9H,1,3-4,6,8H2,(H2,16,22)(H,17,21). The molecule has 1 fully saturated rings. The zero-order valence-corrected chi connectivity index (χ0v) is 14.5. The van der Waals surface area contributed by atoms with E-state index in [9.17, 15) is 9.59 Å². The van der Waals surface area contributed by atoms with Crippen LogP contribution in [0.3, 0.4) is 0 Å². The number of hydrogen-bond donors (Lipinski definition) is 2. The SMILES string of the molecule is C=CCn1c(SCC(=O)Nc2sccc2C(N)=O)nnc1C1CC1. The molecule has 1 aliphatic carbocycles. The maximum absolute atomic E-state index is 12.1. The number of primary amides is 1. The minimum absolute atomic E-state index is 0.177. The Kier molecular flexibility index (Phi) is 5.00. The summed E-state index contributed by atoms with van der Waals surface area (Å²) in [6.45, 7) is 4.39. The van der Waals surface area contributed by atoms with E-state index in [1.807, 2.05) is 4.57 Å². The van der Waals surface area contributed by atoms with E-state index >= 15 is 0 Å². The van der Waals surface area contributed by atoms with Crippen molar-refractivity contribution in [3.05, 3.63) is 35.5 Å². The number of thiophene rings is 1. The molecule has 0 saturated heterocycles. The zero-order chi connectivity index (χ0) is 17.1. The van der Waals surface area contributed by atoms with Crippen molar-refractivity contribution in [3.63, 3.8) is 0 Å². The summed E-state index contributed by atoms with van der Waals surface area (Å²) in [5.41, 5.74) is 5.59. The number of nitrogens with zero attached hydrogens (tertiary/aromatic N) is 3. The van der Waals surface area contributed by atoms with Crippen LogP contribution in [-0.4, -0.2) is 32.3 Å². The van der Waals surface area contributed by atoms with Gasteiger partial charge in [-0.05, 0) is 24.3 Å². The number of rotatable bonds is 8. The summed E-state index contributed by atoms with van der Waals surface area (Å²) in [6, 6.07) is 1.60. The fraction of sp³-hybridized carbons (Fsp3) is 0.333. The van der Waals surface area contributed by atoms with Gasteiger partial charge in [0, 0.05) is 12.5 Å². The van der Waals surface area contributed by atoms with Crippen LogP contribution in [0.25, 0.3) is 0 Å². The summed E-state index contributed by atoms with van der Waals surface area (Å²) < 4.78 is 2.00. The van der Waals surface area contributed by atoms with Crippen molar-refractivity contribution in [2.24, 2.45) is 5.73 Å². The average Bonchev–Trinajstić information content (AvgIpc) is 3.14. The number of carbonyl (C=O) groups excluding carboxylic acids is 2. The third kappa shape index (κ3) is 3.68. The highest BCUT2D eigenvalue weighted by Crippen LogP contribution is 2.40. The van der Waals surface area contributed by atoms with Crippen LogP contribution < -0.4 is 11.1 Å². The van der Waals surface area contributed by atoms with Crippen molar-refractivity contribution in [1.29, 1.82) is 0 Å². The molecule has 3 rings (SSSR count). The number of carbonyl (C=O) groups is 2. The van der Waals surface area contributed by atoms with Gasteiger partial charge in [-0.25, -0.2) is 0 Å². The van der Waals surface area contributed by atoms with Crippen molar-refractivity contribution >= 4 is 39.9 Å². The number of aromatic nitrogens is 3. The summed E-state index contributed by atoms with van der Waals surface area (Å²) in [5, 5.41) is 14.0. The minimum Gasteiger partial charge on any atom is -0.366 e. The Morgan fingerprint density at radius 3 is 2.96 bits per heavy atom. The lowest BCUT2D eigenvalue weighted by Crippen LogP contribution is -2.18. The topological polar surface area (TPSA) is 103 Å². The second-order valence-electron chi connectivity index (χ2n) is 5.38. The van der Waals surface area contributed by atoms with Crippen molar-refractivity contribution in [1.82, 2.24) is 14.8 Å². The molecule has 24 heavy (non-hydrogen) atoms. The Morgan fingerprint density at radius 1 is 1.50 bits per heavy atom. The second-order valence-corrected chi connectivity index (χ2v) is 7.24. The summed E-state index contributed by atoms with van der Waals surface area (Å²) >= 11 is 2.58. The Balaban J connectivity index is 1.63. The first-order chi connectivity index (χ1) is 11.6. The number of anilines is 1. The number of nitrogens with two attached hydrogens (primary N) is 1. The van der Waals surface area contributed by atoms with E-state index in [1.54, 1.807) is 17.5 Å². The molecule has 1 saturated carbocycles. The minimum atomic E-state index is -0.556. The van der Waals surface area contributed by atoms with Gasteiger partial charge in [0.25, 0.3) is 5.91 Å². The lowest BCUT2D eigenvalue weighted by Gasteiger charge is -2.07. The molecule has 0 atom stereocenters. The van der Waals surface area contributed by atoms with Crippen LogP contribution in [0.1, 0.15) is 34.9 Å². The quantitative estimate of drug-likeness (QED) is 0.553. The molecular formula is C15H17N5O2S2. The molecule has 0 unspecified atom stereocenters. The Hall–Kier alpha value is -2.13. The Labute approximate surface area is 147 Å². The van der Waals surface area contributed by atoms with Gasteiger partial charge in [0.2, 0.25) is 5.91 Å². The lowest BCUT2D eigenvalue weighted by molar-refractivity contribution is -0.113. The van der Waals surface area contributed by atoms with Crippen LogP contribution in [0.5, 0.6) is 0 Å². The lowest BCUT2D eigenvalue weighted by atomic mass is 10.3. The van der Waals surface area contributed by atoms with Crippen molar-refractivity contribution < 1.29 is 9.59 Å². The molecule has 0 aromatic carbocycles. The van der Waals surface area contributed by atoms with Gasteiger partial charge in [0.15, 0.2) is 5.16 Å². The van der Waals surface area contributed by atoms with E-state index in [4.69, 9.17) is 5.73 Å². The molecule has 2 heterocycles. The molecule has 0 radical (unpaired) electrons. The normalized spacial score (nSPS) is 13.7. The Morgan fingerprint density at radius 2 is 2.29 bits per heavy atom. The predicted molar refractivity (Wildman–Crippen MR) is 94.4 cm³/mol. The highest BCUT2D eigenvalue weighted by molar-refractivity contribution is 7.99. The first-order valence-corrected chi connectivity index (χ1v) is 9.30. The molecule has 2 amide bonds. The van der Waals surface area contributed by atoms with Gasteiger partial charge in [-0.15, -0.1) is 28.1 Å². The first-order valence-electron chi connectivity index (χ1n) is 7.44. The monoisotopic (exact) mass is 363 g/mol. The largest absolute Gasteiger partial charge is 0.366 e. The van der Waals surface area contributed by atoms with Crippen LogP contribution in [0.4, 0.5) is 5.00 Å². The smallest absolute Gasteiger partial charge is 0.251 e. The van der Waals surface area contributed by atoms with Gasteiger partial charge >= 0.3 is 0 Å². The number of hydrogen-bond acceptors (Lipinski definition) is 6. The van der Waals surface area contributed by atoms with Gasteiger partial charge in [0.1, 0.15) is 10.8 Å². The fourth-order valence-electron chi connectivity index (χ4n) is 2.24. The molecule has 7 nitrogen and oxygen atoms in total. The number of allylic oxidation sites excluding steroid dienone is 1. The molecule has 0 aliphatic heterocycles. The third-order valence-corrected chi connectivity index (χ3v) is 5.31. The van der Waals surface area contributed by atoms with Crippen LogP contribution in [0, 0.1) is 0 Å². The van der Waals surface area contributed by atoms with Gasteiger partial charge < -0.3 is 15.6 Å². The summed E-state index contributed by atoms with van der Waals surface area (Å²) in [7, 11) is 0. The van der Waals surface area contributed by atoms with E-state index in [1.165, 1.54) is 23.1 Å². The molecule has 3 N–H and O–H groups in total. The maximum atomic E-state index is 12.1. The van der Waals surface area contributed by atoms with Gasteiger partial charge in [-0.1, -0.05) is 17.8 Å². The molecule has 2 aromatic heterocycles. The predicted octanol–water partition coefficient (Wildman–Crippen LogP) is 2.23. The number of nitrogens with one attached hydrogen (secondary N) is 1. The third-order valence-electron chi connectivity index (χ3n) is 3.52. The summed E-state index contributed by atoms with van der Waals surface area (Å²) in [5.74, 6) is 0.845. The van der Waals surface area contributed by atoms with Gasteiger partial charge in [0.05, 0.1) is 11.3 Å². The van der Waals surface area contributed by atoms with Crippen LogP contribution in [0.15, 0.2) is 29.3 Å². The first kappa shape index (κ1) is 16.7. The van der Waals surface area contributed by atoms with Gasteiger partial charge in [-0.2, -0.15) is 0 Å². The summed E-state index contributed by atoms with van der Waals surface area (Å²) in [6.07, 6.45) is 4.06. The van der Waals surface area contributed by atoms with Crippen LogP contribution in [0.2, 0.25) is 0 Å².